The molecule has 1 atom stereocenters. The minimum Gasteiger partial charge on any atom is -0.478 e. The van der Waals surface area contributed by atoms with Crippen molar-refractivity contribution in [1.29, 1.82) is 0 Å². The molecule has 0 unspecified atom stereocenters. The number of esters is 1. The normalized spacial score (nSPS) is 12.2. The van der Waals surface area contributed by atoms with Crippen LogP contribution in [0.4, 0.5) is 18.9 Å². The van der Waals surface area contributed by atoms with E-state index in [0.717, 1.165) is 34.1 Å². The van der Waals surface area contributed by atoms with Gasteiger partial charge in [-0.15, -0.1) is 13.2 Å². The molecule has 0 radical (unpaired) electrons. The third-order valence-corrected chi connectivity index (χ3v) is 8.08. The molecule has 0 saturated heterocycles. The molecule has 4 rings (SSSR count). The summed E-state index contributed by atoms with van der Waals surface area (Å²) in [7, 11) is -3.14. The van der Waals surface area contributed by atoms with Gasteiger partial charge in [0.2, 0.25) is 0 Å². The van der Waals surface area contributed by atoms with Crippen LogP contribution in [0.3, 0.4) is 0 Å². The Kier molecular flexibility index (Phi) is 9.79. The van der Waals surface area contributed by atoms with Gasteiger partial charge in [0.05, 0.1) is 29.8 Å². The highest BCUT2D eigenvalue weighted by Gasteiger charge is 2.32. The maximum atomic E-state index is 13.8. The molecule has 0 aliphatic rings. The molecule has 0 fully saturated rings. The number of aliphatic carboxylic acids is 1. The van der Waals surface area contributed by atoms with Crippen LogP contribution < -0.4 is 13.8 Å². The molecular weight excluding hydrogens is 603 g/mol. The Bertz CT molecular complexity index is 1680. The summed E-state index contributed by atoms with van der Waals surface area (Å²) < 4.78 is 80.7. The van der Waals surface area contributed by atoms with Crippen molar-refractivity contribution in [2.75, 3.05) is 11.4 Å². The van der Waals surface area contributed by atoms with Gasteiger partial charge in [0.1, 0.15) is 11.5 Å². The number of ether oxygens (including phenoxy) is 3. The maximum Gasteiger partial charge on any atom is 0.573 e. The fourth-order valence-electron chi connectivity index (χ4n) is 4.15. The second kappa shape index (κ2) is 13.5. The summed E-state index contributed by atoms with van der Waals surface area (Å²) in [6.45, 7) is -0.226. The van der Waals surface area contributed by atoms with Crippen LogP contribution >= 0.6 is 0 Å². The van der Waals surface area contributed by atoms with Gasteiger partial charge < -0.3 is 19.3 Å². The number of rotatable bonds is 12. The van der Waals surface area contributed by atoms with E-state index in [-0.39, 0.29) is 34.9 Å². The van der Waals surface area contributed by atoms with E-state index < -0.39 is 40.2 Å². The lowest BCUT2D eigenvalue weighted by Crippen LogP contribution is -2.31. The number of methoxy groups -OCH3 is 1. The third kappa shape index (κ3) is 8.28. The van der Waals surface area contributed by atoms with Crippen molar-refractivity contribution >= 4 is 27.6 Å². The number of benzene rings is 4. The Morgan fingerprint density at radius 3 is 1.95 bits per heavy atom. The number of carbonyl (C=O) groups excluding carboxylic acids is 1. The fraction of sp³-hybridized carbons (Fsp3) is 0.161. The van der Waals surface area contributed by atoms with Crippen molar-refractivity contribution < 1.29 is 50.5 Å². The lowest BCUT2D eigenvalue weighted by atomic mass is 10.1. The lowest BCUT2D eigenvalue weighted by molar-refractivity contribution is -0.274. The molecule has 44 heavy (non-hydrogen) atoms. The van der Waals surface area contributed by atoms with Crippen molar-refractivity contribution in [3.05, 3.63) is 120 Å². The Hall–Kier alpha value is -5.04. The van der Waals surface area contributed by atoms with E-state index in [1.54, 1.807) is 30.3 Å². The van der Waals surface area contributed by atoms with Crippen LogP contribution in [0.2, 0.25) is 0 Å². The molecule has 0 bridgehead atoms. The quantitative estimate of drug-likeness (QED) is 0.194. The molecule has 230 valence electrons. The predicted molar refractivity (Wildman–Crippen MR) is 153 cm³/mol. The van der Waals surface area contributed by atoms with E-state index in [1.165, 1.54) is 55.6 Å². The number of alkyl halides is 3. The van der Waals surface area contributed by atoms with Gasteiger partial charge in [0.25, 0.3) is 10.0 Å². The topological polar surface area (TPSA) is 119 Å². The van der Waals surface area contributed by atoms with Crippen LogP contribution in [0.15, 0.2) is 108 Å². The zero-order valence-electron chi connectivity index (χ0n) is 23.1. The highest BCUT2D eigenvalue weighted by molar-refractivity contribution is 7.92. The smallest absolute Gasteiger partial charge is 0.478 e. The molecule has 0 amide bonds. The summed E-state index contributed by atoms with van der Waals surface area (Å²) >= 11 is 0. The summed E-state index contributed by atoms with van der Waals surface area (Å²) in [5.41, 5.74) is 1.63. The second-order valence-electron chi connectivity index (χ2n) is 9.35. The summed E-state index contributed by atoms with van der Waals surface area (Å²) in [4.78, 5) is 23.4. The zero-order chi connectivity index (χ0) is 31.9. The molecule has 1 N–H and O–H groups in total. The molecule has 0 spiro atoms. The first-order valence-corrected chi connectivity index (χ1v) is 14.4. The average Bonchev–Trinajstić information content (AvgIpc) is 3.00. The standard InChI is InChI=1S/C31H26F3NO8S/c1-41-30(38)23-9-7-22(8-10-23)20-35(44(39,40)27-17-15-26(16-18-27)43-31(32,33)34)24-11-13-25(14-12-24)42-28(29(36)37)19-21-5-3-2-4-6-21/h2-18,28H,19-20H2,1H3,(H,36,37)/t28-/m0/s1. The summed E-state index contributed by atoms with van der Waals surface area (Å²) in [5.74, 6) is -2.18. The molecule has 0 aliphatic carbocycles. The van der Waals surface area contributed by atoms with E-state index >= 15 is 0 Å². The molecule has 4 aromatic carbocycles. The molecule has 9 nitrogen and oxygen atoms in total. The van der Waals surface area contributed by atoms with Crippen LogP contribution in [0.25, 0.3) is 0 Å². The number of anilines is 1. The van der Waals surface area contributed by atoms with Crippen LogP contribution in [-0.4, -0.2) is 45.0 Å². The highest BCUT2D eigenvalue weighted by Crippen LogP contribution is 2.30. The van der Waals surface area contributed by atoms with E-state index in [1.807, 2.05) is 0 Å². The minimum absolute atomic E-state index is 0.0913. The van der Waals surface area contributed by atoms with E-state index in [9.17, 15) is 36.3 Å². The van der Waals surface area contributed by atoms with Gasteiger partial charge >= 0.3 is 18.3 Å². The lowest BCUT2D eigenvalue weighted by Gasteiger charge is -2.25. The summed E-state index contributed by atoms with van der Waals surface area (Å²) in [6, 6.07) is 24.3. The van der Waals surface area contributed by atoms with Crippen LogP contribution in [-0.2, 0) is 32.5 Å². The van der Waals surface area contributed by atoms with E-state index in [0.29, 0.717) is 5.56 Å². The Morgan fingerprint density at radius 1 is 0.818 bits per heavy atom. The van der Waals surface area contributed by atoms with Crippen molar-refractivity contribution in [1.82, 2.24) is 0 Å². The van der Waals surface area contributed by atoms with E-state index in [4.69, 9.17) is 9.47 Å². The fourth-order valence-corrected chi connectivity index (χ4v) is 5.60. The van der Waals surface area contributed by atoms with Gasteiger partial charge in [-0.3, -0.25) is 4.31 Å². The number of hydrogen-bond acceptors (Lipinski definition) is 7. The Balaban J connectivity index is 1.64. The molecule has 0 aromatic heterocycles. The Labute approximate surface area is 251 Å². The number of hydrogen-bond donors (Lipinski definition) is 1. The molecular formula is C31H26F3NO8S. The third-order valence-electron chi connectivity index (χ3n) is 6.29. The largest absolute Gasteiger partial charge is 0.573 e. The monoisotopic (exact) mass is 629 g/mol. The summed E-state index contributed by atoms with van der Waals surface area (Å²) in [5, 5.41) is 9.67. The first kappa shape index (κ1) is 31.9. The Morgan fingerprint density at radius 2 is 1.41 bits per heavy atom. The number of nitrogens with zero attached hydrogens (tertiary/aromatic N) is 1. The number of halogens is 3. The van der Waals surface area contributed by atoms with Crippen molar-refractivity contribution in [2.45, 2.75) is 30.3 Å². The number of carbonyl (C=O) groups is 2. The van der Waals surface area contributed by atoms with Gasteiger partial charge in [0, 0.05) is 6.42 Å². The van der Waals surface area contributed by atoms with Gasteiger partial charge in [-0.1, -0.05) is 42.5 Å². The van der Waals surface area contributed by atoms with Crippen molar-refractivity contribution in [3.63, 3.8) is 0 Å². The molecule has 0 heterocycles. The molecule has 4 aromatic rings. The van der Waals surface area contributed by atoms with Crippen LogP contribution in [0.5, 0.6) is 11.5 Å². The van der Waals surface area contributed by atoms with Crippen molar-refractivity contribution in [3.8, 4) is 11.5 Å². The number of carboxylic acid groups (broad SMARTS) is 1. The summed E-state index contributed by atoms with van der Waals surface area (Å²) in [6.07, 6.45) is -6.07. The first-order valence-electron chi connectivity index (χ1n) is 12.9. The highest BCUT2D eigenvalue weighted by atomic mass is 32.2. The van der Waals surface area contributed by atoms with Crippen LogP contribution in [0, 0.1) is 0 Å². The van der Waals surface area contributed by atoms with Gasteiger partial charge in [-0.2, -0.15) is 0 Å². The first-order chi connectivity index (χ1) is 20.9. The number of sulfonamides is 1. The SMILES string of the molecule is COC(=O)c1ccc(CN(c2ccc(O[C@@H](Cc3ccccc3)C(=O)O)cc2)S(=O)(=O)c2ccc(OC(F)(F)F)cc2)cc1. The van der Waals surface area contributed by atoms with Gasteiger partial charge in [0.15, 0.2) is 6.10 Å². The minimum atomic E-state index is -4.95. The molecule has 13 heteroatoms. The number of carboxylic acids is 1. The van der Waals surface area contributed by atoms with Crippen LogP contribution in [0.1, 0.15) is 21.5 Å². The zero-order valence-corrected chi connectivity index (χ0v) is 23.9. The van der Waals surface area contributed by atoms with Gasteiger partial charge in [-0.25, -0.2) is 18.0 Å². The average molecular weight is 630 g/mol. The molecule has 0 aliphatic heterocycles. The van der Waals surface area contributed by atoms with E-state index in [2.05, 4.69) is 4.74 Å². The maximum absolute atomic E-state index is 13.8. The van der Waals surface area contributed by atoms with Crippen molar-refractivity contribution in [2.24, 2.45) is 0 Å². The predicted octanol–water partition coefficient (Wildman–Crippen LogP) is 5.84. The molecule has 0 saturated carbocycles. The second-order valence-corrected chi connectivity index (χ2v) is 11.2. The van der Waals surface area contributed by atoms with Gasteiger partial charge in [-0.05, 0) is 71.8 Å².